The molecule has 0 fully saturated rings. The number of carbonyl (C=O) groups is 2. The molecule has 0 unspecified atom stereocenters. The topological polar surface area (TPSA) is 78.8 Å². The number of aromatic nitrogens is 1. The molecule has 0 aliphatic rings. The lowest BCUT2D eigenvalue weighted by atomic mass is 10.1. The molecule has 0 saturated heterocycles. The molecule has 0 atom stereocenters. The fourth-order valence-electron chi connectivity index (χ4n) is 2.83. The van der Waals surface area contributed by atoms with Crippen LogP contribution in [-0.4, -0.2) is 25.2 Å². The van der Waals surface area contributed by atoms with Crippen molar-refractivity contribution in [3.05, 3.63) is 60.3 Å². The maximum atomic E-state index is 12.2. The quantitative estimate of drug-likeness (QED) is 0.239. The van der Waals surface area contributed by atoms with Crippen LogP contribution in [-0.2, 0) is 19.1 Å². The smallest absolute Gasteiger partial charge is 0.347 e. The molecule has 0 bridgehead atoms. The van der Waals surface area contributed by atoms with Gasteiger partial charge in [-0.2, -0.15) is 0 Å². The zero-order chi connectivity index (χ0) is 19.2. The standard InChI is InChI=1S/C21H20N2O4/c1-3-26-20(24)16(21(25)27-4-2)13-22-19-14-9-5-7-11-17(14)23-18-12-8-6-10-15(18)19/h5-13H,3-4H2,1-2H3,(H,22,23)/p+1. The average molecular weight is 365 g/mol. The largest absolute Gasteiger partial charge is 0.462 e. The minimum absolute atomic E-state index is 0.168. The van der Waals surface area contributed by atoms with Crippen LogP contribution < -0.4 is 10.3 Å². The third-order valence-corrected chi connectivity index (χ3v) is 4.01. The van der Waals surface area contributed by atoms with Gasteiger partial charge in [0.05, 0.1) is 29.7 Å². The number of aromatic amines is 1. The predicted molar refractivity (Wildman–Crippen MR) is 103 cm³/mol. The van der Waals surface area contributed by atoms with Gasteiger partial charge in [-0.3, -0.25) is 0 Å². The molecule has 6 heteroatoms. The summed E-state index contributed by atoms with van der Waals surface area (Å²) in [5.74, 6) is -1.45. The Morgan fingerprint density at radius 3 is 1.85 bits per heavy atom. The lowest BCUT2D eigenvalue weighted by Crippen LogP contribution is -2.19. The number of hydrogen-bond donors (Lipinski definition) is 1. The Hall–Kier alpha value is -3.41. The lowest BCUT2D eigenvalue weighted by Gasteiger charge is -2.10. The first-order chi connectivity index (χ1) is 13.2. The van der Waals surface area contributed by atoms with Gasteiger partial charge in [0, 0.05) is 18.3 Å². The van der Waals surface area contributed by atoms with Crippen LogP contribution in [0, 0.1) is 0 Å². The number of nitrogens with one attached hydrogen (secondary N) is 2. The van der Waals surface area contributed by atoms with Crippen LogP contribution >= 0.6 is 0 Å². The molecule has 0 radical (unpaired) electrons. The normalized spacial score (nSPS) is 10.4. The molecule has 1 heterocycles. The molecule has 0 aliphatic heterocycles. The summed E-state index contributed by atoms with van der Waals surface area (Å²) in [6.07, 6.45) is 1.35. The number of anilines is 1. The van der Waals surface area contributed by atoms with Crippen molar-refractivity contribution in [3.63, 3.8) is 0 Å². The third kappa shape index (κ3) is 3.89. The number of pyridine rings is 1. The molecule has 6 nitrogen and oxygen atoms in total. The minimum Gasteiger partial charge on any atom is -0.462 e. The van der Waals surface area contributed by atoms with Crippen molar-refractivity contribution in [3.8, 4) is 0 Å². The Bertz CT molecular complexity index is 953. The Morgan fingerprint density at radius 1 is 0.889 bits per heavy atom. The second kappa shape index (κ2) is 8.31. The Kier molecular flexibility index (Phi) is 5.66. The van der Waals surface area contributed by atoms with E-state index in [0.29, 0.717) is 0 Å². The zero-order valence-electron chi connectivity index (χ0n) is 15.2. The van der Waals surface area contributed by atoms with Crippen molar-refractivity contribution in [1.29, 1.82) is 0 Å². The Morgan fingerprint density at radius 2 is 1.37 bits per heavy atom. The molecule has 0 amide bonds. The van der Waals surface area contributed by atoms with E-state index in [2.05, 4.69) is 10.3 Å². The van der Waals surface area contributed by atoms with E-state index in [-0.39, 0.29) is 18.8 Å². The number of fused-ring (bicyclic) bond motifs is 2. The first kappa shape index (κ1) is 18.4. The number of carbonyl (C=O) groups excluding carboxylic acids is 2. The summed E-state index contributed by atoms with van der Waals surface area (Å²) in [5.41, 5.74) is 2.47. The molecular weight excluding hydrogens is 344 g/mol. The first-order valence-corrected chi connectivity index (χ1v) is 8.79. The van der Waals surface area contributed by atoms with Crippen LogP contribution in [0.25, 0.3) is 21.8 Å². The molecule has 0 aliphatic carbocycles. The monoisotopic (exact) mass is 365 g/mol. The Labute approximate surface area is 156 Å². The van der Waals surface area contributed by atoms with Gasteiger partial charge in [0.2, 0.25) is 11.0 Å². The highest BCUT2D eigenvalue weighted by molar-refractivity contribution is 6.14. The van der Waals surface area contributed by atoms with Gasteiger partial charge in [-0.25, -0.2) is 14.6 Å². The third-order valence-electron chi connectivity index (χ3n) is 4.01. The highest BCUT2D eigenvalue weighted by Gasteiger charge is 2.21. The SMILES string of the molecule is CCOC(=O)C(=CNc1c2ccccc2[nH+]c2ccccc12)C(=O)OCC. The van der Waals surface area contributed by atoms with Crippen molar-refractivity contribution >= 4 is 39.4 Å². The van der Waals surface area contributed by atoms with E-state index in [4.69, 9.17) is 9.47 Å². The predicted octanol–water partition coefficient (Wildman–Crippen LogP) is 3.23. The van der Waals surface area contributed by atoms with Crippen LogP contribution in [0.1, 0.15) is 13.8 Å². The van der Waals surface area contributed by atoms with Gasteiger partial charge >= 0.3 is 11.9 Å². The summed E-state index contributed by atoms with van der Waals surface area (Å²) in [7, 11) is 0. The summed E-state index contributed by atoms with van der Waals surface area (Å²) < 4.78 is 9.96. The maximum absolute atomic E-state index is 12.2. The molecule has 138 valence electrons. The second-order valence-corrected chi connectivity index (χ2v) is 5.73. The van der Waals surface area contributed by atoms with Crippen LogP contribution in [0.2, 0.25) is 0 Å². The van der Waals surface area contributed by atoms with Crippen molar-refractivity contribution in [2.24, 2.45) is 0 Å². The minimum atomic E-state index is -0.723. The molecule has 2 aromatic carbocycles. The molecule has 0 saturated carbocycles. The molecule has 1 aromatic heterocycles. The molecule has 0 spiro atoms. The fraction of sp³-hybridized carbons (Fsp3) is 0.190. The number of benzene rings is 2. The maximum Gasteiger partial charge on any atom is 0.347 e. The molecule has 3 aromatic rings. The van der Waals surface area contributed by atoms with Gasteiger partial charge in [0.15, 0.2) is 5.57 Å². The average Bonchev–Trinajstić information content (AvgIpc) is 2.68. The fourth-order valence-corrected chi connectivity index (χ4v) is 2.83. The highest BCUT2D eigenvalue weighted by atomic mass is 16.6. The van der Waals surface area contributed by atoms with Gasteiger partial charge < -0.3 is 14.8 Å². The van der Waals surface area contributed by atoms with Gasteiger partial charge in [-0.05, 0) is 26.0 Å². The Balaban J connectivity index is 2.11. The van der Waals surface area contributed by atoms with Crippen LogP contribution in [0.4, 0.5) is 5.69 Å². The number of esters is 2. The first-order valence-electron chi connectivity index (χ1n) is 8.79. The van der Waals surface area contributed by atoms with Crippen molar-refractivity contribution < 1.29 is 24.0 Å². The van der Waals surface area contributed by atoms with Gasteiger partial charge in [0.1, 0.15) is 0 Å². The van der Waals surface area contributed by atoms with Crippen LogP contribution in [0.15, 0.2) is 60.3 Å². The van der Waals surface area contributed by atoms with Crippen molar-refractivity contribution in [1.82, 2.24) is 0 Å². The van der Waals surface area contributed by atoms with E-state index >= 15 is 0 Å². The number of ether oxygens (including phenoxy) is 2. The summed E-state index contributed by atoms with van der Waals surface area (Å²) in [6.45, 7) is 3.70. The number of H-pyrrole nitrogens is 1. The van der Waals surface area contributed by atoms with Crippen molar-refractivity contribution in [2.45, 2.75) is 13.8 Å². The summed E-state index contributed by atoms with van der Waals surface area (Å²) in [6, 6.07) is 15.6. The van der Waals surface area contributed by atoms with Crippen LogP contribution in [0.3, 0.4) is 0 Å². The van der Waals surface area contributed by atoms with Gasteiger partial charge in [0.25, 0.3) is 0 Å². The van der Waals surface area contributed by atoms with E-state index in [1.165, 1.54) is 6.20 Å². The molecule has 3 rings (SSSR count). The zero-order valence-corrected chi connectivity index (χ0v) is 15.2. The van der Waals surface area contributed by atoms with E-state index in [1.807, 2.05) is 48.5 Å². The van der Waals surface area contributed by atoms with Gasteiger partial charge in [-0.15, -0.1) is 0 Å². The van der Waals surface area contributed by atoms with E-state index in [9.17, 15) is 9.59 Å². The van der Waals surface area contributed by atoms with E-state index < -0.39 is 11.9 Å². The number of hydrogen-bond acceptors (Lipinski definition) is 5. The van der Waals surface area contributed by atoms with Crippen molar-refractivity contribution in [2.75, 3.05) is 18.5 Å². The van der Waals surface area contributed by atoms with Gasteiger partial charge in [-0.1, -0.05) is 24.3 Å². The second-order valence-electron chi connectivity index (χ2n) is 5.73. The highest BCUT2D eigenvalue weighted by Crippen LogP contribution is 2.28. The number of rotatable bonds is 6. The lowest BCUT2D eigenvalue weighted by molar-refractivity contribution is -0.310. The molecular formula is C21H21N2O4+. The van der Waals surface area contributed by atoms with E-state index in [0.717, 1.165) is 27.5 Å². The summed E-state index contributed by atoms with van der Waals surface area (Å²) in [4.78, 5) is 27.7. The summed E-state index contributed by atoms with van der Waals surface area (Å²) >= 11 is 0. The molecule has 27 heavy (non-hydrogen) atoms. The van der Waals surface area contributed by atoms with E-state index in [1.54, 1.807) is 13.8 Å². The number of para-hydroxylation sites is 2. The summed E-state index contributed by atoms with van der Waals surface area (Å²) in [5, 5.41) is 4.99. The van der Waals surface area contributed by atoms with Crippen LogP contribution in [0.5, 0.6) is 0 Å². The molecule has 2 N–H and O–H groups in total.